The van der Waals surface area contributed by atoms with Crippen LogP contribution >= 0.6 is 0 Å². The predicted octanol–water partition coefficient (Wildman–Crippen LogP) is 3.96. The molecule has 0 N–H and O–H groups in total. The zero-order valence-electron chi connectivity index (χ0n) is 23.9. The Bertz CT molecular complexity index is 1280. The topological polar surface area (TPSA) is 96.2 Å². The molecule has 2 aromatic rings. The summed E-state index contributed by atoms with van der Waals surface area (Å²) in [4.78, 5) is 17.8. The predicted molar refractivity (Wildman–Crippen MR) is 154 cm³/mol. The van der Waals surface area contributed by atoms with Crippen molar-refractivity contribution >= 4 is 28.1 Å². The molecule has 218 valence electrons. The number of piperidine rings is 2. The first-order valence-corrected chi connectivity index (χ1v) is 16.0. The quantitative estimate of drug-likeness (QED) is 0.474. The molecule has 4 heterocycles. The van der Waals surface area contributed by atoms with Gasteiger partial charge in [0.1, 0.15) is 5.69 Å². The highest BCUT2D eigenvalue weighted by molar-refractivity contribution is 7.89. The summed E-state index contributed by atoms with van der Waals surface area (Å²) in [5, 5.41) is 3.95. The number of amides is 1. The van der Waals surface area contributed by atoms with Crippen LogP contribution in [0.25, 0.3) is 12.2 Å². The first-order valence-electron chi connectivity index (χ1n) is 14.5. The highest BCUT2D eigenvalue weighted by Gasteiger charge is 2.38. The average molecular weight is 571 g/mol. The fourth-order valence-electron chi connectivity index (χ4n) is 6.16. The van der Waals surface area contributed by atoms with Gasteiger partial charge in [-0.25, -0.2) is 8.42 Å². The van der Waals surface area contributed by atoms with Gasteiger partial charge in [-0.3, -0.25) is 4.79 Å². The van der Waals surface area contributed by atoms with E-state index < -0.39 is 10.0 Å². The molecule has 3 aliphatic rings. The Balaban J connectivity index is 1.15. The van der Waals surface area contributed by atoms with Crippen LogP contribution in [0.4, 0.5) is 0 Å². The van der Waals surface area contributed by atoms with Crippen LogP contribution < -0.4 is 0 Å². The summed E-state index contributed by atoms with van der Waals surface area (Å²) in [5.74, 6) is 0.251. The van der Waals surface area contributed by atoms with E-state index in [4.69, 9.17) is 9.26 Å². The lowest BCUT2D eigenvalue weighted by Crippen LogP contribution is -2.50. The summed E-state index contributed by atoms with van der Waals surface area (Å²) < 4.78 is 39.9. The Hall–Kier alpha value is -2.53. The lowest BCUT2D eigenvalue weighted by Gasteiger charge is -2.39. The monoisotopic (exact) mass is 570 g/mol. The zero-order valence-corrected chi connectivity index (χ0v) is 24.7. The van der Waals surface area contributed by atoms with Gasteiger partial charge < -0.3 is 19.1 Å². The number of sulfonamides is 1. The Morgan fingerprint density at radius 1 is 1.02 bits per heavy atom. The molecule has 3 aliphatic heterocycles. The van der Waals surface area contributed by atoms with Crippen LogP contribution in [-0.4, -0.2) is 92.1 Å². The Kier molecular flexibility index (Phi) is 9.09. The van der Waals surface area contributed by atoms with Crippen molar-refractivity contribution in [3.05, 3.63) is 46.8 Å². The number of hydrogen-bond acceptors (Lipinski definition) is 7. The van der Waals surface area contributed by atoms with Crippen molar-refractivity contribution in [2.75, 3.05) is 46.4 Å². The fraction of sp³-hybridized carbons (Fsp3) is 0.600. The number of rotatable bonds is 8. The summed E-state index contributed by atoms with van der Waals surface area (Å²) in [6, 6.07) is 8.42. The van der Waals surface area contributed by atoms with Gasteiger partial charge in [0.15, 0.2) is 10.7 Å². The molecule has 10 heteroatoms. The second-order valence-electron chi connectivity index (χ2n) is 11.5. The second kappa shape index (κ2) is 12.5. The normalized spacial score (nSPS) is 22.1. The van der Waals surface area contributed by atoms with Crippen LogP contribution in [0.15, 0.2) is 33.7 Å². The molecule has 0 saturated carbocycles. The summed E-state index contributed by atoms with van der Waals surface area (Å²) in [7, 11) is -1.64. The van der Waals surface area contributed by atoms with Crippen LogP contribution in [0, 0.1) is 19.8 Å². The van der Waals surface area contributed by atoms with Crippen LogP contribution in [0.5, 0.6) is 0 Å². The molecule has 5 rings (SSSR count). The van der Waals surface area contributed by atoms with E-state index in [1.165, 1.54) is 4.31 Å². The van der Waals surface area contributed by atoms with E-state index in [-0.39, 0.29) is 22.5 Å². The van der Waals surface area contributed by atoms with Crippen molar-refractivity contribution in [1.82, 2.24) is 19.3 Å². The van der Waals surface area contributed by atoms with Gasteiger partial charge in [-0.05, 0) is 71.1 Å². The van der Waals surface area contributed by atoms with Crippen molar-refractivity contribution in [1.29, 1.82) is 0 Å². The number of hydrogen-bond donors (Lipinski definition) is 0. The second-order valence-corrected chi connectivity index (χ2v) is 13.4. The molecular weight excluding hydrogens is 528 g/mol. The van der Waals surface area contributed by atoms with Gasteiger partial charge in [-0.2, -0.15) is 4.31 Å². The zero-order chi connectivity index (χ0) is 28.3. The van der Waals surface area contributed by atoms with E-state index in [0.717, 1.165) is 63.1 Å². The minimum atomic E-state index is -3.81. The third-order valence-corrected chi connectivity index (χ3v) is 10.7. The van der Waals surface area contributed by atoms with Crippen LogP contribution in [0.1, 0.15) is 61.1 Å². The third-order valence-electron chi connectivity index (χ3n) is 8.65. The molecular formula is C30H42N4O5S. The minimum Gasteiger partial charge on any atom is -0.377 e. The number of likely N-dealkylation sites (N-methyl/N-ethyl adjacent to an activating group) is 1. The molecule has 1 aromatic carbocycles. The first-order chi connectivity index (χ1) is 19.2. The first kappa shape index (κ1) is 29.0. The van der Waals surface area contributed by atoms with Crippen molar-refractivity contribution in [3.8, 4) is 0 Å². The summed E-state index contributed by atoms with van der Waals surface area (Å²) in [5.41, 5.74) is 2.44. The number of nitrogens with zero attached hydrogens (tertiary/aromatic N) is 4. The largest absolute Gasteiger partial charge is 0.377 e. The van der Waals surface area contributed by atoms with Gasteiger partial charge in [-0.1, -0.05) is 41.1 Å². The number of likely N-dealkylation sites (tertiary alicyclic amines) is 1. The Labute approximate surface area is 238 Å². The molecule has 0 spiro atoms. The molecule has 1 atom stereocenters. The fourth-order valence-corrected chi connectivity index (χ4v) is 7.88. The van der Waals surface area contributed by atoms with Gasteiger partial charge in [0.2, 0.25) is 15.9 Å². The third kappa shape index (κ3) is 6.51. The van der Waals surface area contributed by atoms with Crippen LogP contribution in [-0.2, 0) is 19.6 Å². The number of ether oxygens (including phenoxy) is 1. The van der Waals surface area contributed by atoms with Crippen molar-refractivity contribution in [3.63, 3.8) is 0 Å². The number of aromatic nitrogens is 1. The van der Waals surface area contributed by atoms with E-state index >= 15 is 0 Å². The average Bonchev–Trinajstić information content (AvgIpc) is 3.62. The molecule has 3 saturated heterocycles. The minimum absolute atomic E-state index is 0.106. The van der Waals surface area contributed by atoms with E-state index in [0.29, 0.717) is 43.8 Å². The van der Waals surface area contributed by atoms with E-state index in [1.807, 2.05) is 42.2 Å². The molecule has 1 aromatic heterocycles. The van der Waals surface area contributed by atoms with E-state index in [9.17, 15) is 13.2 Å². The number of aryl methyl sites for hydroxylation is 2. The highest BCUT2D eigenvalue weighted by Crippen LogP contribution is 2.30. The summed E-state index contributed by atoms with van der Waals surface area (Å²) >= 11 is 0. The summed E-state index contributed by atoms with van der Waals surface area (Å²) in [6.45, 7) is 7.64. The molecule has 0 bridgehead atoms. The highest BCUT2D eigenvalue weighted by atomic mass is 32.2. The van der Waals surface area contributed by atoms with Crippen LogP contribution in [0.2, 0.25) is 0 Å². The smallest absolute Gasteiger partial charge is 0.248 e. The van der Waals surface area contributed by atoms with Crippen molar-refractivity contribution in [2.45, 2.75) is 69.4 Å². The van der Waals surface area contributed by atoms with E-state index in [1.54, 1.807) is 13.0 Å². The summed E-state index contributed by atoms with van der Waals surface area (Å²) in [6.07, 6.45) is 9.09. The van der Waals surface area contributed by atoms with Crippen LogP contribution in [0.3, 0.4) is 0 Å². The Morgan fingerprint density at radius 3 is 2.38 bits per heavy atom. The Morgan fingerprint density at radius 2 is 1.73 bits per heavy atom. The SMILES string of the molecule is Cc1ccc(/C=C/c2onc(C)c2S(=O)(=O)N2CCC(C(=O)N3CCC(N(C)CC4CCCO4)CC3)CC2)cc1. The maximum atomic E-state index is 13.6. The molecule has 0 aliphatic carbocycles. The molecule has 0 radical (unpaired) electrons. The van der Waals surface area contributed by atoms with Crippen molar-refractivity contribution < 1.29 is 22.5 Å². The maximum Gasteiger partial charge on any atom is 0.248 e. The van der Waals surface area contributed by atoms with Crippen molar-refractivity contribution in [2.24, 2.45) is 5.92 Å². The van der Waals surface area contributed by atoms with Gasteiger partial charge in [0.05, 0.1) is 6.10 Å². The molecule has 9 nitrogen and oxygen atoms in total. The van der Waals surface area contributed by atoms with Gasteiger partial charge in [0.25, 0.3) is 0 Å². The molecule has 40 heavy (non-hydrogen) atoms. The van der Waals surface area contributed by atoms with Gasteiger partial charge in [-0.15, -0.1) is 0 Å². The number of carbonyl (C=O) groups is 1. The molecule has 1 unspecified atom stereocenters. The van der Waals surface area contributed by atoms with Gasteiger partial charge >= 0.3 is 0 Å². The van der Waals surface area contributed by atoms with E-state index in [2.05, 4.69) is 17.1 Å². The van der Waals surface area contributed by atoms with Gasteiger partial charge in [0, 0.05) is 51.3 Å². The molecule has 1 amide bonds. The lowest BCUT2D eigenvalue weighted by atomic mass is 9.94. The number of carbonyl (C=O) groups excluding carboxylic acids is 1. The standard InChI is InChI=1S/C30H42N4O5S/c1-22-6-8-24(9-7-22)10-11-28-29(23(2)31-39-28)40(36,37)34-18-12-25(13-19-34)30(35)33-16-14-26(15-17-33)32(3)21-27-5-4-20-38-27/h6-11,25-27H,4-5,12-21H2,1-3H3/b11-10+. The lowest BCUT2D eigenvalue weighted by molar-refractivity contribution is -0.138. The maximum absolute atomic E-state index is 13.6. The number of benzene rings is 1. The molecule has 3 fully saturated rings.